The first kappa shape index (κ1) is 11.9. The van der Waals surface area contributed by atoms with E-state index in [1.54, 1.807) is 6.20 Å². The van der Waals surface area contributed by atoms with Gasteiger partial charge in [-0.3, -0.25) is 4.79 Å². The third-order valence-electron chi connectivity index (χ3n) is 3.05. The SMILES string of the molecule is CCN(CC)c1ccc(NC(=O)C2CC2)cn1. The molecule has 4 nitrogen and oxygen atoms in total. The van der Waals surface area contributed by atoms with E-state index in [1.165, 1.54) is 0 Å². The molecule has 0 aliphatic heterocycles. The van der Waals surface area contributed by atoms with Gasteiger partial charge < -0.3 is 10.2 Å². The molecular formula is C13H19N3O. The summed E-state index contributed by atoms with van der Waals surface area (Å²) in [6.45, 7) is 6.09. The van der Waals surface area contributed by atoms with Crippen molar-refractivity contribution in [3.63, 3.8) is 0 Å². The van der Waals surface area contributed by atoms with Crippen LogP contribution in [0, 0.1) is 5.92 Å². The van der Waals surface area contributed by atoms with Crippen LogP contribution >= 0.6 is 0 Å². The molecule has 1 aliphatic rings. The highest BCUT2D eigenvalue weighted by Gasteiger charge is 2.29. The summed E-state index contributed by atoms with van der Waals surface area (Å²) >= 11 is 0. The van der Waals surface area contributed by atoms with Crippen molar-refractivity contribution < 1.29 is 4.79 Å². The van der Waals surface area contributed by atoms with Crippen LogP contribution < -0.4 is 10.2 Å². The summed E-state index contributed by atoms with van der Waals surface area (Å²) < 4.78 is 0. The molecule has 0 atom stereocenters. The predicted octanol–water partition coefficient (Wildman–Crippen LogP) is 2.28. The zero-order chi connectivity index (χ0) is 12.3. The van der Waals surface area contributed by atoms with E-state index >= 15 is 0 Å². The molecule has 1 aromatic rings. The van der Waals surface area contributed by atoms with E-state index in [2.05, 4.69) is 29.0 Å². The number of carbonyl (C=O) groups excluding carboxylic acids is 1. The van der Waals surface area contributed by atoms with Crippen LogP contribution in [0.25, 0.3) is 0 Å². The Bertz CT molecular complexity index is 380. The Hall–Kier alpha value is -1.58. The minimum atomic E-state index is 0.127. The molecule has 4 heteroatoms. The number of amides is 1. The molecule has 1 aromatic heterocycles. The molecule has 0 bridgehead atoms. The fraction of sp³-hybridized carbons (Fsp3) is 0.538. The lowest BCUT2D eigenvalue weighted by Crippen LogP contribution is -2.23. The van der Waals surface area contributed by atoms with Gasteiger partial charge in [-0.05, 0) is 38.8 Å². The maximum Gasteiger partial charge on any atom is 0.227 e. The van der Waals surface area contributed by atoms with Crippen LogP contribution in [0.1, 0.15) is 26.7 Å². The van der Waals surface area contributed by atoms with Crippen molar-refractivity contribution in [3.8, 4) is 0 Å². The van der Waals surface area contributed by atoms with Gasteiger partial charge in [-0.15, -0.1) is 0 Å². The minimum absolute atomic E-state index is 0.127. The summed E-state index contributed by atoms with van der Waals surface area (Å²) in [4.78, 5) is 18.1. The fourth-order valence-electron chi connectivity index (χ4n) is 1.78. The largest absolute Gasteiger partial charge is 0.357 e. The van der Waals surface area contributed by atoms with Crippen LogP contribution in [0.4, 0.5) is 11.5 Å². The second-order valence-corrected chi connectivity index (χ2v) is 4.34. The average Bonchev–Trinajstić information content (AvgIpc) is 3.17. The second kappa shape index (κ2) is 5.17. The van der Waals surface area contributed by atoms with Gasteiger partial charge in [0.25, 0.3) is 0 Å². The number of carbonyl (C=O) groups is 1. The summed E-state index contributed by atoms with van der Waals surface area (Å²) in [5.41, 5.74) is 0.790. The maximum absolute atomic E-state index is 11.6. The highest BCUT2D eigenvalue weighted by atomic mass is 16.2. The summed E-state index contributed by atoms with van der Waals surface area (Å²) in [5.74, 6) is 1.32. The Labute approximate surface area is 102 Å². The third-order valence-corrected chi connectivity index (χ3v) is 3.05. The Balaban J connectivity index is 1.99. The highest BCUT2D eigenvalue weighted by Crippen LogP contribution is 2.30. The summed E-state index contributed by atoms with van der Waals surface area (Å²) in [5, 5.41) is 2.89. The average molecular weight is 233 g/mol. The lowest BCUT2D eigenvalue weighted by Gasteiger charge is -2.19. The van der Waals surface area contributed by atoms with Crippen LogP contribution in [0.15, 0.2) is 18.3 Å². The number of anilines is 2. The van der Waals surface area contributed by atoms with Crippen molar-refractivity contribution in [1.82, 2.24) is 4.98 Å². The molecule has 1 amide bonds. The number of aromatic nitrogens is 1. The van der Waals surface area contributed by atoms with Gasteiger partial charge in [-0.2, -0.15) is 0 Å². The van der Waals surface area contributed by atoms with Gasteiger partial charge in [0.15, 0.2) is 0 Å². The fourth-order valence-corrected chi connectivity index (χ4v) is 1.78. The molecule has 2 rings (SSSR count). The van der Waals surface area contributed by atoms with E-state index in [4.69, 9.17) is 0 Å². The zero-order valence-electron chi connectivity index (χ0n) is 10.4. The van der Waals surface area contributed by atoms with Crippen LogP contribution in [0.3, 0.4) is 0 Å². The Morgan fingerprint density at radius 3 is 2.59 bits per heavy atom. The topological polar surface area (TPSA) is 45.2 Å². The number of nitrogens with one attached hydrogen (secondary N) is 1. The smallest absolute Gasteiger partial charge is 0.227 e. The molecule has 1 N–H and O–H groups in total. The van der Waals surface area contributed by atoms with Gasteiger partial charge in [-0.1, -0.05) is 0 Å². The van der Waals surface area contributed by atoms with Crippen LogP contribution in [-0.4, -0.2) is 24.0 Å². The van der Waals surface area contributed by atoms with Gasteiger partial charge >= 0.3 is 0 Å². The minimum Gasteiger partial charge on any atom is -0.357 e. The molecule has 0 spiro atoms. The van der Waals surface area contributed by atoms with Crippen molar-refractivity contribution in [2.75, 3.05) is 23.3 Å². The first-order valence-corrected chi connectivity index (χ1v) is 6.26. The number of nitrogens with zero attached hydrogens (tertiary/aromatic N) is 2. The van der Waals surface area contributed by atoms with E-state index in [1.807, 2.05) is 12.1 Å². The van der Waals surface area contributed by atoms with Crippen molar-refractivity contribution in [2.45, 2.75) is 26.7 Å². The van der Waals surface area contributed by atoms with E-state index in [0.29, 0.717) is 0 Å². The van der Waals surface area contributed by atoms with Gasteiger partial charge in [0.1, 0.15) is 5.82 Å². The van der Waals surface area contributed by atoms with Crippen LogP contribution in [0.5, 0.6) is 0 Å². The molecule has 1 saturated carbocycles. The lowest BCUT2D eigenvalue weighted by atomic mass is 10.3. The molecule has 0 radical (unpaired) electrons. The van der Waals surface area contributed by atoms with E-state index in [-0.39, 0.29) is 11.8 Å². The van der Waals surface area contributed by atoms with Gasteiger partial charge in [0, 0.05) is 19.0 Å². The lowest BCUT2D eigenvalue weighted by molar-refractivity contribution is -0.117. The van der Waals surface area contributed by atoms with E-state index in [9.17, 15) is 4.79 Å². The van der Waals surface area contributed by atoms with Crippen molar-refractivity contribution >= 4 is 17.4 Å². The molecular weight excluding hydrogens is 214 g/mol. The highest BCUT2D eigenvalue weighted by molar-refractivity contribution is 5.93. The van der Waals surface area contributed by atoms with E-state index < -0.39 is 0 Å². The zero-order valence-corrected chi connectivity index (χ0v) is 10.4. The van der Waals surface area contributed by atoms with Gasteiger partial charge in [0.05, 0.1) is 11.9 Å². The van der Waals surface area contributed by atoms with Crippen LogP contribution in [-0.2, 0) is 4.79 Å². The van der Waals surface area contributed by atoms with Crippen LogP contribution in [0.2, 0.25) is 0 Å². The van der Waals surface area contributed by atoms with Crippen molar-refractivity contribution in [2.24, 2.45) is 5.92 Å². The summed E-state index contributed by atoms with van der Waals surface area (Å²) in [6.07, 6.45) is 3.78. The first-order valence-electron chi connectivity index (χ1n) is 6.26. The van der Waals surface area contributed by atoms with Gasteiger partial charge in [0.2, 0.25) is 5.91 Å². The number of hydrogen-bond acceptors (Lipinski definition) is 3. The number of hydrogen-bond donors (Lipinski definition) is 1. The predicted molar refractivity (Wildman–Crippen MR) is 69.2 cm³/mol. The standard InChI is InChI=1S/C13H19N3O/c1-3-16(4-2)12-8-7-11(9-14-12)15-13(17)10-5-6-10/h7-10H,3-6H2,1-2H3,(H,15,17). The summed E-state index contributed by atoms with van der Waals surface area (Å²) in [6, 6.07) is 3.87. The molecule has 1 fully saturated rings. The molecule has 17 heavy (non-hydrogen) atoms. The quantitative estimate of drug-likeness (QED) is 0.848. The van der Waals surface area contributed by atoms with Crippen molar-refractivity contribution in [1.29, 1.82) is 0 Å². The van der Waals surface area contributed by atoms with Gasteiger partial charge in [-0.25, -0.2) is 4.98 Å². The Kier molecular flexibility index (Phi) is 3.61. The Morgan fingerprint density at radius 1 is 1.41 bits per heavy atom. The number of pyridine rings is 1. The molecule has 1 aliphatic carbocycles. The van der Waals surface area contributed by atoms with E-state index in [0.717, 1.165) is 37.4 Å². The maximum atomic E-state index is 11.6. The van der Waals surface area contributed by atoms with Crippen molar-refractivity contribution in [3.05, 3.63) is 18.3 Å². The normalized spacial score (nSPS) is 14.5. The molecule has 0 saturated heterocycles. The number of rotatable bonds is 5. The Morgan fingerprint density at radius 2 is 2.12 bits per heavy atom. The molecule has 0 aromatic carbocycles. The first-order chi connectivity index (χ1) is 8.24. The summed E-state index contributed by atoms with van der Waals surface area (Å²) in [7, 11) is 0. The monoisotopic (exact) mass is 233 g/mol. The third kappa shape index (κ3) is 2.96. The molecule has 1 heterocycles. The molecule has 92 valence electrons. The molecule has 0 unspecified atom stereocenters. The second-order valence-electron chi connectivity index (χ2n) is 4.34.